The number of hydrogen-bond acceptors (Lipinski definition) is 4. The lowest BCUT2D eigenvalue weighted by Crippen LogP contribution is -2.46. The summed E-state index contributed by atoms with van der Waals surface area (Å²) in [6.07, 6.45) is 4.66. The predicted molar refractivity (Wildman–Crippen MR) is 133 cm³/mol. The van der Waals surface area contributed by atoms with E-state index in [9.17, 15) is 0 Å². The first-order valence-electron chi connectivity index (χ1n) is 11.6. The number of nitrogens with zero attached hydrogens (tertiary/aromatic N) is 4. The Kier molecular flexibility index (Phi) is 8.11. The molecular weight excluding hydrogens is 412 g/mol. The molecule has 0 radical (unpaired) electrons. The average Bonchev–Trinajstić information content (AvgIpc) is 3.39. The molecule has 33 heavy (non-hydrogen) atoms. The van der Waals surface area contributed by atoms with E-state index in [4.69, 9.17) is 4.74 Å². The number of morpholine rings is 1. The second-order valence-electron chi connectivity index (χ2n) is 8.33. The Hall–Kier alpha value is -3.16. The van der Waals surface area contributed by atoms with Crippen LogP contribution < -0.4 is 10.6 Å². The molecule has 0 saturated carbocycles. The number of benzene rings is 2. The summed E-state index contributed by atoms with van der Waals surface area (Å²) in [5.41, 5.74) is 4.96. The molecule has 7 nitrogen and oxygen atoms in total. The van der Waals surface area contributed by atoms with Crippen LogP contribution in [0.5, 0.6) is 0 Å². The zero-order valence-electron chi connectivity index (χ0n) is 19.6. The van der Waals surface area contributed by atoms with E-state index >= 15 is 0 Å². The second kappa shape index (κ2) is 11.6. The SMILES string of the molecule is CN=C(NCCc1ccc(-n2cccn2)cc1)NCC(c1cccc(C)c1)N1CCOCC1. The molecule has 0 amide bonds. The van der Waals surface area contributed by atoms with Crippen molar-refractivity contribution >= 4 is 5.96 Å². The molecule has 1 unspecified atom stereocenters. The van der Waals surface area contributed by atoms with Gasteiger partial charge in [0.05, 0.1) is 24.9 Å². The Labute approximate surface area is 196 Å². The molecule has 0 bridgehead atoms. The molecule has 4 rings (SSSR count). The van der Waals surface area contributed by atoms with Crippen molar-refractivity contribution in [3.8, 4) is 5.69 Å². The van der Waals surface area contributed by atoms with Crippen molar-refractivity contribution in [2.24, 2.45) is 4.99 Å². The zero-order chi connectivity index (χ0) is 22.9. The van der Waals surface area contributed by atoms with Crippen LogP contribution in [0.25, 0.3) is 5.69 Å². The van der Waals surface area contributed by atoms with Crippen LogP contribution in [-0.2, 0) is 11.2 Å². The van der Waals surface area contributed by atoms with Gasteiger partial charge in [0.2, 0.25) is 0 Å². The van der Waals surface area contributed by atoms with Gasteiger partial charge in [0.25, 0.3) is 0 Å². The molecule has 1 atom stereocenters. The van der Waals surface area contributed by atoms with Crippen molar-refractivity contribution in [1.82, 2.24) is 25.3 Å². The van der Waals surface area contributed by atoms with Gasteiger partial charge in [0.15, 0.2) is 5.96 Å². The summed E-state index contributed by atoms with van der Waals surface area (Å²) in [5.74, 6) is 0.828. The van der Waals surface area contributed by atoms with Gasteiger partial charge >= 0.3 is 0 Å². The Morgan fingerprint density at radius 1 is 1.09 bits per heavy atom. The van der Waals surface area contributed by atoms with Crippen molar-refractivity contribution in [2.75, 3.05) is 46.4 Å². The number of hydrogen-bond donors (Lipinski definition) is 2. The quantitative estimate of drug-likeness (QED) is 0.411. The lowest BCUT2D eigenvalue weighted by atomic mass is 10.0. The Bertz CT molecular complexity index is 1010. The molecule has 2 N–H and O–H groups in total. The maximum absolute atomic E-state index is 5.58. The lowest BCUT2D eigenvalue weighted by Gasteiger charge is -2.35. The zero-order valence-corrected chi connectivity index (χ0v) is 19.6. The summed E-state index contributed by atoms with van der Waals surface area (Å²) in [5, 5.41) is 11.3. The van der Waals surface area contributed by atoms with Crippen molar-refractivity contribution in [2.45, 2.75) is 19.4 Å². The van der Waals surface area contributed by atoms with Crippen molar-refractivity contribution in [3.63, 3.8) is 0 Å². The summed E-state index contributed by atoms with van der Waals surface area (Å²) in [7, 11) is 1.82. The third-order valence-electron chi connectivity index (χ3n) is 6.01. The van der Waals surface area contributed by atoms with Gasteiger partial charge in [-0.15, -0.1) is 0 Å². The van der Waals surface area contributed by atoms with Crippen LogP contribution in [0, 0.1) is 6.92 Å². The van der Waals surface area contributed by atoms with Crippen molar-refractivity contribution in [1.29, 1.82) is 0 Å². The molecule has 3 aromatic rings. The smallest absolute Gasteiger partial charge is 0.191 e. The normalized spacial score (nSPS) is 15.9. The summed E-state index contributed by atoms with van der Waals surface area (Å²) < 4.78 is 7.44. The first-order chi connectivity index (χ1) is 16.2. The molecule has 2 heterocycles. The first kappa shape index (κ1) is 23.0. The molecule has 7 heteroatoms. The minimum atomic E-state index is 0.280. The number of aromatic nitrogens is 2. The van der Waals surface area contributed by atoms with E-state index in [0.717, 1.165) is 57.5 Å². The molecule has 1 saturated heterocycles. The van der Waals surface area contributed by atoms with E-state index in [-0.39, 0.29) is 6.04 Å². The number of nitrogens with one attached hydrogen (secondary N) is 2. The predicted octanol–water partition coefficient (Wildman–Crippen LogP) is 2.96. The number of ether oxygens (including phenoxy) is 1. The van der Waals surface area contributed by atoms with Crippen LogP contribution in [0.3, 0.4) is 0 Å². The third kappa shape index (κ3) is 6.43. The summed E-state index contributed by atoms with van der Waals surface area (Å²) in [4.78, 5) is 6.93. The minimum absolute atomic E-state index is 0.280. The maximum Gasteiger partial charge on any atom is 0.191 e. The maximum atomic E-state index is 5.58. The van der Waals surface area contributed by atoms with E-state index in [2.05, 4.69) is 81.1 Å². The molecule has 0 aliphatic carbocycles. The van der Waals surface area contributed by atoms with Gasteiger partial charge in [-0.25, -0.2) is 4.68 Å². The number of aliphatic imine (C=N–C) groups is 1. The first-order valence-corrected chi connectivity index (χ1v) is 11.6. The Balaban J connectivity index is 1.30. The molecule has 174 valence electrons. The monoisotopic (exact) mass is 446 g/mol. The van der Waals surface area contributed by atoms with Crippen molar-refractivity contribution in [3.05, 3.63) is 83.7 Å². The van der Waals surface area contributed by atoms with Crippen LogP contribution in [0.15, 0.2) is 72.0 Å². The fourth-order valence-corrected chi connectivity index (χ4v) is 4.20. The minimum Gasteiger partial charge on any atom is -0.379 e. The van der Waals surface area contributed by atoms with E-state index in [1.807, 2.05) is 24.0 Å². The van der Waals surface area contributed by atoms with Gasteiger partial charge in [-0.1, -0.05) is 42.0 Å². The standard InChI is InChI=1S/C26H34N6O/c1-21-5-3-6-23(19-21)25(31-15-17-33-18-16-31)20-29-26(27-2)28-13-11-22-7-9-24(10-8-22)32-14-4-12-30-32/h3-10,12,14,19,25H,11,13,15-18,20H2,1-2H3,(H2,27,28,29). The van der Waals surface area contributed by atoms with Gasteiger partial charge in [-0.05, 0) is 42.7 Å². The van der Waals surface area contributed by atoms with E-state index < -0.39 is 0 Å². The number of aryl methyl sites for hydroxylation is 1. The fraction of sp³-hybridized carbons (Fsp3) is 0.385. The molecule has 2 aromatic carbocycles. The summed E-state index contributed by atoms with van der Waals surface area (Å²) >= 11 is 0. The molecule has 1 aliphatic rings. The highest BCUT2D eigenvalue weighted by atomic mass is 16.5. The highest BCUT2D eigenvalue weighted by molar-refractivity contribution is 5.79. The van der Waals surface area contributed by atoms with Gasteiger partial charge in [-0.2, -0.15) is 5.10 Å². The highest BCUT2D eigenvalue weighted by Crippen LogP contribution is 2.22. The van der Waals surface area contributed by atoms with E-state index in [0.29, 0.717) is 0 Å². The molecule has 0 spiro atoms. The van der Waals surface area contributed by atoms with Crippen molar-refractivity contribution < 1.29 is 4.74 Å². The van der Waals surface area contributed by atoms with Crippen LogP contribution in [0.2, 0.25) is 0 Å². The largest absolute Gasteiger partial charge is 0.379 e. The van der Waals surface area contributed by atoms with Gasteiger partial charge < -0.3 is 15.4 Å². The van der Waals surface area contributed by atoms with Crippen LogP contribution in [-0.4, -0.2) is 67.1 Å². The van der Waals surface area contributed by atoms with Crippen LogP contribution in [0.4, 0.5) is 0 Å². The lowest BCUT2D eigenvalue weighted by molar-refractivity contribution is 0.0170. The molecule has 1 fully saturated rings. The molecule has 1 aliphatic heterocycles. The van der Waals surface area contributed by atoms with Crippen LogP contribution >= 0.6 is 0 Å². The van der Waals surface area contributed by atoms with Gasteiger partial charge in [0.1, 0.15) is 0 Å². The number of guanidine groups is 1. The van der Waals surface area contributed by atoms with Crippen LogP contribution in [0.1, 0.15) is 22.7 Å². The third-order valence-corrected chi connectivity index (χ3v) is 6.01. The Morgan fingerprint density at radius 2 is 1.91 bits per heavy atom. The van der Waals surface area contributed by atoms with E-state index in [1.165, 1.54) is 16.7 Å². The highest BCUT2D eigenvalue weighted by Gasteiger charge is 2.23. The second-order valence-corrected chi connectivity index (χ2v) is 8.33. The van der Waals surface area contributed by atoms with E-state index in [1.54, 1.807) is 6.20 Å². The van der Waals surface area contributed by atoms with Gasteiger partial charge in [0, 0.05) is 45.6 Å². The average molecular weight is 447 g/mol. The summed E-state index contributed by atoms with van der Waals surface area (Å²) in [6.45, 7) is 7.22. The van der Waals surface area contributed by atoms with Gasteiger partial charge in [-0.3, -0.25) is 9.89 Å². The number of rotatable bonds is 8. The summed E-state index contributed by atoms with van der Waals surface area (Å²) in [6, 6.07) is 19.5. The Morgan fingerprint density at radius 3 is 2.61 bits per heavy atom. The molecular formula is C26H34N6O. The molecule has 1 aromatic heterocycles. The fourth-order valence-electron chi connectivity index (χ4n) is 4.20. The topological polar surface area (TPSA) is 66.7 Å².